The number of pyridine rings is 1. The number of hydrogen-bond acceptors (Lipinski definition) is 9. The summed E-state index contributed by atoms with van der Waals surface area (Å²) in [5.41, 5.74) is 0.566. The lowest BCUT2D eigenvalue weighted by atomic mass is 10.1. The van der Waals surface area contributed by atoms with Gasteiger partial charge in [-0.25, -0.2) is 18.2 Å². The topological polar surface area (TPSA) is 134 Å². The van der Waals surface area contributed by atoms with Gasteiger partial charge in [0, 0.05) is 57.7 Å². The molecule has 3 amide bonds. The number of morpholine rings is 2. The van der Waals surface area contributed by atoms with Crippen molar-refractivity contribution in [3.8, 4) is 5.75 Å². The van der Waals surface area contributed by atoms with Crippen LogP contribution in [0.3, 0.4) is 0 Å². The number of benzene rings is 1. The van der Waals surface area contributed by atoms with Crippen LogP contribution in [-0.4, -0.2) is 124 Å². The Bertz CT molecular complexity index is 1300. The van der Waals surface area contributed by atoms with Crippen molar-refractivity contribution in [3.05, 3.63) is 42.6 Å². The third kappa shape index (κ3) is 6.72. The summed E-state index contributed by atoms with van der Waals surface area (Å²) in [5, 5.41) is 2.84. The average molecular weight is 589 g/mol. The van der Waals surface area contributed by atoms with E-state index in [9.17, 15) is 18.0 Å². The van der Waals surface area contributed by atoms with Crippen LogP contribution in [0.1, 0.15) is 6.92 Å². The number of rotatable bonds is 7. The second-order valence-electron chi connectivity index (χ2n) is 9.85. The maximum Gasteiger partial charge on any atom is 0.321 e. The van der Waals surface area contributed by atoms with E-state index in [-0.39, 0.29) is 30.4 Å². The fraction of sp³-hybridized carbons (Fsp3) is 0.519. The molecule has 4 heterocycles. The quantitative estimate of drug-likeness (QED) is 0.504. The molecule has 0 saturated carbocycles. The summed E-state index contributed by atoms with van der Waals surface area (Å²) in [6, 6.07) is 8.67. The van der Waals surface area contributed by atoms with Crippen LogP contribution < -0.4 is 15.0 Å². The number of urea groups is 1. The third-order valence-electron chi connectivity index (χ3n) is 7.31. The van der Waals surface area contributed by atoms with Crippen LogP contribution in [0.5, 0.6) is 5.75 Å². The van der Waals surface area contributed by atoms with Gasteiger partial charge in [0.1, 0.15) is 22.5 Å². The summed E-state index contributed by atoms with van der Waals surface area (Å²) < 4.78 is 45.1. The lowest BCUT2D eigenvalue weighted by Gasteiger charge is -2.41. The maximum absolute atomic E-state index is 13.9. The summed E-state index contributed by atoms with van der Waals surface area (Å²) >= 11 is 0. The minimum atomic E-state index is -4.08. The average Bonchev–Trinajstić information content (AvgIpc) is 3.02. The first-order chi connectivity index (χ1) is 19.9. The highest BCUT2D eigenvalue weighted by molar-refractivity contribution is 7.89. The SMILES string of the molecule is CCOc1ccc(NC(=O)N2CCN(S(=O)(=O)c3ccc(N4CCOCC4)nc3)C(C(=O)N3CCOCC3)C2)cc1. The summed E-state index contributed by atoms with van der Waals surface area (Å²) in [5.74, 6) is 1.00. The Morgan fingerprint density at radius 2 is 1.61 bits per heavy atom. The van der Waals surface area contributed by atoms with E-state index in [1.54, 1.807) is 35.2 Å². The Kier molecular flexibility index (Phi) is 9.22. The molecule has 3 saturated heterocycles. The second-order valence-corrected chi connectivity index (χ2v) is 11.7. The van der Waals surface area contributed by atoms with Crippen molar-refractivity contribution < 1.29 is 32.2 Å². The Hall–Kier alpha value is -3.46. The number of carbonyl (C=O) groups is 2. The van der Waals surface area contributed by atoms with Gasteiger partial charge in [0.25, 0.3) is 0 Å². The number of sulfonamides is 1. The van der Waals surface area contributed by atoms with Crippen LogP contribution in [0.4, 0.5) is 16.3 Å². The maximum atomic E-state index is 13.9. The molecule has 0 bridgehead atoms. The minimum Gasteiger partial charge on any atom is -0.494 e. The van der Waals surface area contributed by atoms with E-state index in [0.29, 0.717) is 76.5 Å². The molecule has 5 rings (SSSR count). The Morgan fingerprint density at radius 1 is 0.927 bits per heavy atom. The van der Waals surface area contributed by atoms with Crippen LogP contribution in [-0.2, 0) is 24.3 Å². The summed E-state index contributed by atoms with van der Waals surface area (Å²) in [4.78, 5) is 36.4. The van der Waals surface area contributed by atoms with Crippen molar-refractivity contribution in [1.82, 2.24) is 19.1 Å². The fourth-order valence-corrected chi connectivity index (χ4v) is 6.59. The number of hydrogen-bond donors (Lipinski definition) is 1. The van der Waals surface area contributed by atoms with E-state index in [2.05, 4.69) is 10.3 Å². The van der Waals surface area contributed by atoms with Crippen molar-refractivity contribution in [1.29, 1.82) is 0 Å². The molecule has 1 N–H and O–H groups in total. The summed E-state index contributed by atoms with van der Waals surface area (Å²) in [6.45, 7) is 6.41. The smallest absolute Gasteiger partial charge is 0.321 e. The molecule has 13 nitrogen and oxygen atoms in total. The largest absolute Gasteiger partial charge is 0.494 e. The van der Waals surface area contributed by atoms with Crippen molar-refractivity contribution in [2.24, 2.45) is 0 Å². The van der Waals surface area contributed by atoms with E-state index >= 15 is 0 Å². The number of piperazine rings is 1. The molecule has 1 aromatic heterocycles. The highest BCUT2D eigenvalue weighted by Crippen LogP contribution is 2.25. The molecule has 0 aliphatic carbocycles. The molecule has 3 fully saturated rings. The standard InChI is InChI=1S/C27H36N6O7S/c1-2-40-22-5-3-21(4-6-22)29-27(35)32-9-10-33(24(20-32)26(34)31-13-17-39-18-14-31)41(36,37)23-7-8-25(28-19-23)30-11-15-38-16-12-30/h3-8,19,24H,2,9-18,20H2,1H3,(H,29,35). The first-order valence-electron chi connectivity index (χ1n) is 13.8. The van der Waals surface area contributed by atoms with Crippen molar-refractivity contribution in [3.63, 3.8) is 0 Å². The molecule has 14 heteroatoms. The highest BCUT2D eigenvalue weighted by atomic mass is 32.2. The van der Waals surface area contributed by atoms with Gasteiger partial charge in [-0.3, -0.25) is 4.79 Å². The van der Waals surface area contributed by atoms with Gasteiger partial charge in [-0.1, -0.05) is 0 Å². The monoisotopic (exact) mass is 588 g/mol. The molecule has 222 valence electrons. The molecule has 2 aromatic rings. The second kappa shape index (κ2) is 13.0. The van der Waals surface area contributed by atoms with E-state index in [1.165, 1.54) is 21.5 Å². The van der Waals surface area contributed by atoms with Gasteiger partial charge in [-0.05, 0) is 43.3 Å². The molecule has 3 aliphatic heterocycles. The summed E-state index contributed by atoms with van der Waals surface area (Å²) in [6.07, 6.45) is 1.33. The zero-order chi connectivity index (χ0) is 28.8. The minimum absolute atomic E-state index is 0.00146. The van der Waals surface area contributed by atoms with Gasteiger partial charge < -0.3 is 34.2 Å². The van der Waals surface area contributed by atoms with Crippen LogP contribution in [0.2, 0.25) is 0 Å². The van der Waals surface area contributed by atoms with Gasteiger partial charge in [0.05, 0.1) is 33.0 Å². The van der Waals surface area contributed by atoms with Gasteiger partial charge in [0.2, 0.25) is 15.9 Å². The molecule has 0 spiro atoms. The molecule has 41 heavy (non-hydrogen) atoms. The Labute approximate surface area is 240 Å². The molecule has 1 atom stereocenters. The molecule has 3 aliphatic rings. The van der Waals surface area contributed by atoms with Crippen molar-refractivity contribution in [2.75, 3.05) is 89.1 Å². The number of anilines is 2. The molecular formula is C27H36N6O7S. The molecule has 1 aromatic carbocycles. The van der Waals surface area contributed by atoms with Crippen LogP contribution in [0.25, 0.3) is 0 Å². The Morgan fingerprint density at radius 3 is 2.24 bits per heavy atom. The number of ether oxygens (including phenoxy) is 3. The zero-order valence-corrected chi connectivity index (χ0v) is 23.9. The Balaban J connectivity index is 1.34. The number of amides is 3. The first kappa shape index (κ1) is 29.0. The molecule has 1 unspecified atom stereocenters. The number of nitrogens with zero attached hydrogens (tertiary/aromatic N) is 5. The molecule has 0 radical (unpaired) electrons. The predicted octanol–water partition coefficient (Wildman–Crippen LogP) is 1.08. The van der Waals surface area contributed by atoms with E-state index in [0.717, 1.165) is 0 Å². The van der Waals surface area contributed by atoms with E-state index in [4.69, 9.17) is 14.2 Å². The van der Waals surface area contributed by atoms with Gasteiger partial charge in [-0.15, -0.1) is 0 Å². The highest BCUT2D eigenvalue weighted by Gasteiger charge is 2.43. The van der Waals surface area contributed by atoms with Crippen molar-refractivity contribution in [2.45, 2.75) is 17.9 Å². The van der Waals surface area contributed by atoms with Crippen molar-refractivity contribution >= 4 is 33.5 Å². The van der Waals surface area contributed by atoms with Gasteiger partial charge in [0.15, 0.2) is 0 Å². The van der Waals surface area contributed by atoms with E-state index in [1.807, 2.05) is 11.8 Å². The zero-order valence-electron chi connectivity index (χ0n) is 23.1. The fourth-order valence-electron chi connectivity index (χ4n) is 5.08. The lowest BCUT2D eigenvalue weighted by Crippen LogP contribution is -2.63. The predicted molar refractivity (Wildman–Crippen MR) is 151 cm³/mol. The lowest BCUT2D eigenvalue weighted by molar-refractivity contribution is -0.140. The van der Waals surface area contributed by atoms with Gasteiger partial charge in [-0.2, -0.15) is 4.31 Å². The number of carbonyl (C=O) groups excluding carboxylic acids is 2. The normalized spacial score (nSPS) is 20.5. The van der Waals surface area contributed by atoms with Crippen LogP contribution in [0, 0.1) is 0 Å². The number of aromatic nitrogens is 1. The first-order valence-corrected chi connectivity index (χ1v) is 15.3. The van der Waals surface area contributed by atoms with Crippen LogP contribution >= 0.6 is 0 Å². The molecular weight excluding hydrogens is 552 g/mol. The number of nitrogens with one attached hydrogen (secondary N) is 1. The van der Waals surface area contributed by atoms with Crippen LogP contribution in [0.15, 0.2) is 47.5 Å². The van der Waals surface area contributed by atoms with E-state index < -0.39 is 22.1 Å². The van der Waals surface area contributed by atoms with Gasteiger partial charge >= 0.3 is 6.03 Å². The third-order valence-corrected chi connectivity index (χ3v) is 9.20. The summed E-state index contributed by atoms with van der Waals surface area (Å²) in [7, 11) is -4.08.